The molecule has 18 heavy (non-hydrogen) atoms. The maximum atomic E-state index is 11.9. The number of ketones is 1. The van der Waals surface area contributed by atoms with Crippen molar-refractivity contribution in [3.63, 3.8) is 0 Å². The third kappa shape index (κ3) is 2.05. The summed E-state index contributed by atoms with van der Waals surface area (Å²) >= 11 is 0. The Morgan fingerprint density at radius 2 is 2.06 bits per heavy atom. The fourth-order valence-electron chi connectivity index (χ4n) is 3.57. The molecule has 0 heterocycles. The van der Waals surface area contributed by atoms with Crippen LogP contribution in [0, 0.1) is 11.8 Å². The van der Waals surface area contributed by atoms with Crippen LogP contribution in [0.1, 0.15) is 36.8 Å². The number of methoxy groups -OCH3 is 1. The number of hydrogen-bond acceptors (Lipinski definition) is 2. The SMILES string of the molecule is COc1ccc2c(c1)CC[C@H]([C@H]1CCCC1=O)C2. The van der Waals surface area contributed by atoms with Crippen molar-refractivity contribution in [1.82, 2.24) is 0 Å². The van der Waals surface area contributed by atoms with Crippen molar-refractivity contribution in [2.24, 2.45) is 11.8 Å². The Morgan fingerprint density at radius 1 is 1.17 bits per heavy atom. The summed E-state index contributed by atoms with van der Waals surface area (Å²) in [6.45, 7) is 0. The Kier molecular flexibility index (Phi) is 3.11. The third-order valence-electron chi connectivity index (χ3n) is 4.60. The van der Waals surface area contributed by atoms with Gasteiger partial charge in [0.2, 0.25) is 0 Å². The molecule has 2 aliphatic carbocycles. The number of Topliss-reactive ketones (excluding diaryl/α,β-unsaturated/α-hetero) is 1. The van der Waals surface area contributed by atoms with Gasteiger partial charge in [-0.25, -0.2) is 0 Å². The molecular weight excluding hydrogens is 224 g/mol. The molecule has 0 N–H and O–H groups in total. The van der Waals surface area contributed by atoms with E-state index >= 15 is 0 Å². The Labute approximate surface area is 108 Å². The zero-order valence-electron chi connectivity index (χ0n) is 10.9. The average Bonchev–Trinajstić information content (AvgIpc) is 2.84. The van der Waals surface area contributed by atoms with E-state index in [1.807, 2.05) is 6.07 Å². The lowest BCUT2D eigenvalue weighted by atomic mass is 9.76. The van der Waals surface area contributed by atoms with Gasteiger partial charge in [0, 0.05) is 12.3 Å². The molecule has 0 aliphatic heterocycles. The van der Waals surface area contributed by atoms with E-state index in [-0.39, 0.29) is 0 Å². The zero-order chi connectivity index (χ0) is 12.5. The summed E-state index contributed by atoms with van der Waals surface area (Å²) in [4.78, 5) is 11.9. The topological polar surface area (TPSA) is 26.3 Å². The number of hydrogen-bond donors (Lipinski definition) is 0. The van der Waals surface area contributed by atoms with Crippen LogP contribution in [-0.4, -0.2) is 12.9 Å². The van der Waals surface area contributed by atoms with Crippen LogP contribution in [0.3, 0.4) is 0 Å². The van der Waals surface area contributed by atoms with Crippen molar-refractivity contribution in [3.8, 4) is 5.75 Å². The lowest BCUT2D eigenvalue weighted by molar-refractivity contribution is -0.122. The van der Waals surface area contributed by atoms with Gasteiger partial charge in [0.1, 0.15) is 11.5 Å². The average molecular weight is 244 g/mol. The summed E-state index contributed by atoms with van der Waals surface area (Å²) in [7, 11) is 1.71. The highest BCUT2D eigenvalue weighted by Gasteiger charge is 2.33. The van der Waals surface area contributed by atoms with Crippen molar-refractivity contribution < 1.29 is 9.53 Å². The molecule has 3 rings (SSSR count). The summed E-state index contributed by atoms with van der Waals surface area (Å²) < 4.78 is 5.27. The Balaban J connectivity index is 1.79. The summed E-state index contributed by atoms with van der Waals surface area (Å²) in [5.74, 6) is 2.39. The van der Waals surface area contributed by atoms with Crippen LogP contribution in [0.2, 0.25) is 0 Å². The first-order valence-corrected chi connectivity index (χ1v) is 6.96. The first-order chi connectivity index (χ1) is 8.78. The number of ether oxygens (including phenoxy) is 1. The van der Waals surface area contributed by atoms with Crippen LogP contribution < -0.4 is 4.74 Å². The van der Waals surface area contributed by atoms with Crippen molar-refractivity contribution in [2.75, 3.05) is 7.11 Å². The van der Waals surface area contributed by atoms with Crippen LogP contribution in [0.4, 0.5) is 0 Å². The molecule has 0 saturated heterocycles. The predicted molar refractivity (Wildman–Crippen MR) is 70.9 cm³/mol. The molecule has 0 bridgehead atoms. The number of fused-ring (bicyclic) bond motifs is 1. The first kappa shape index (κ1) is 11.8. The van der Waals surface area contributed by atoms with Crippen molar-refractivity contribution in [2.45, 2.75) is 38.5 Å². The van der Waals surface area contributed by atoms with Crippen molar-refractivity contribution in [1.29, 1.82) is 0 Å². The minimum atomic E-state index is 0.347. The van der Waals surface area contributed by atoms with Crippen LogP contribution in [-0.2, 0) is 17.6 Å². The molecule has 1 saturated carbocycles. The first-order valence-electron chi connectivity index (χ1n) is 6.96. The van der Waals surface area contributed by atoms with Gasteiger partial charge in [-0.1, -0.05) is 6.07 Å². The highest BCUT2D eigenvalue weighted by molar-refractivity contribution is 5.83. The number of carbonyl (C=O) groups is 1. The lowest BCUT2D eigenvalue weighted by Crippen LogP contribution is -2.25. The third-order valence-corrected chi connectivity index (χ3v) is 4.60. The van der Waals surface area contributed by atoms with E-state index in [1.165, 1.54) is 11.1 Å². The summed E-state index contributed by atoms with van der Waals surface area (Å²) in [6, 6.07) is 6.37. The van der Waals surface area contributed by atoms with Gasteiger partial charge in [0.15, 0.2) is 0 Å². The minimum absolute atomic E-state index is 0.347. The van der Waals surface area contributed by atoms with Crippen LogP contribution in [0.25, 0.3) is 0 Å². The Hall–Kier alpha value is -1.31. The molecule has 0 unspecified atom stereocenters. The Bertz CT molecular complexity index is 464. The van der Waals surface area contributed by atoms with Crippen LogP contribution >= 0.6 is 0 Å². The van der Waals surface area contributed by atoms with Gasteiger partial charge in [0.25, 0.3) is 0 Å². The summed E-state index contributed by atoms with van der Waals surface area (Å²) in [5.41, 5.74) is 2.84. The molecule has 2 aliphatic rings. The molecule has 2 heteroatoms. The minimum Gasteiger partial charge on any atom is -0.497 e. The van der Waals surface area contributed by atoms with E-state index in [0.717, 1.165) is 44.3 Å². The molecule has 1 fully saturated rings. The highest BCUT2D eigenvalue weighted by Crippen LogP contribution is 2.37. The number of aryl methyl sites for hydroxylation is 1. The second-order valence-electron chi connectivity index (χ2n) is 5.60. The second kappa shape index (κ2) is 4.75. The number of benzene rings is 1. The molecule has 0 radical (unpaired) electrons. The maximum Gasteiger partial charge on any atom is 0.136 e. The number of carbonyl (C=O) groups excluding carboxylic acids is 1. The maximum absolute atomic E-state index is 11.9. The summed E-state index contributed by atoms with van der Waals surface area (Å²) in [6.07, 6.45) is 6.38. The van der Waals surface area contributed by atoms with E-state index in [1.54, 1.807) is 7.11 Å². The van der Waals surface area contributed by atoms with Crippen LogP contribution in [0.5, 0.6) is 5.75 Å². The molecule has 0 amide bonds. The van der Waals surface area contributed by atoms with Crippen molar-refractivity contribution in [3.05, 3.63) is 29.3 Å². The molecule has 1 aromatic rings. The van der Waals surface area contributed by atoms with E-state index in [9.17, 15) is 4.79 Å². The number of rotatable bonds is 2. The van der Waals surface area contributed by atoms with Gasteiger partial charge in [-0.3, -0.25) is 4.79 Å². The van der Waals surface area contributed by atoms with E-state index in [0.29, 0.717) is 17.6 Å². The van der Waals surface area contributed by atoms with E-state index in [4.69, 9.17) is 4.74 Å². The second-order valence-corrected chi connectivity index (χ2v) is 5.60. The molecule has 1 aromatic carbocycles. The van der Waals surface area contributed by atoms with Gasteiger partial charge in [0.05, 0.1) is 7.11 Å². The van der Waals surface area contributed by atoms with Gasteiger partial charge in [-0.05, 0) is 61.3 Å². The molecular formula is C16H20O2. The molecule has 0 spiro atoms. The lowest BCUT2D eigenvalue weighted by Gasteiger charge is -2.28. The van der Waals surface area contributed by atoms with Gasteiger partial charge < -0.3 is 4.74 Å². The van der Waals surface area contributed by atoms with Crippen LogP contribution in [0.15, 0.2) is 18.2 Å². The molecule has 2 atom stereocenters. The zero-order valence-corrected chi connectivity index (χ0v) is 10.9. The van der Waals surface area contributed by atoms with Gasteiger partial charge in [-0.2, -0.15) is 0 Å². The standard InChI is InChI=1S/C16H20O2/c1-18-14-8-7-11-9-13(6-5-12(11)10-14)15-3-2-4-16(15)17/h7-8,10,13,15H,2-6,9H2,1H3/t13-,15+/m0/s1. The van der Waals surface area contributed by atoms with Gasteiger partial charge in [-0.15, -0.1) is 0 Å². The molecule has 96 valence electrons. The highest BCUT2D eigenvalue weighted by atomic mass is 16.5. The smallest absolute Gasteiger partial charge is 0.136 e. The van der Waals surface area contributed by atoms with E-state index in [2.05, 4.69) is 12.1 Å². The van der Waals surface area contributed by atoms with Crippen molar-refractivity contribution >= 4 is 5.78 Å². The fraction of sp³-hybridized carbons (Fsp3) is 0.562. The largest absolute Gasteiger partial charge is 0.497 e. The predicted octanol–water partition coefficient (Wildman–Crippen LogP) is 3.17. The Morgan fingerprint density at radius 3 is 2.78 bits per heavy atom. The molecule has 2 nitrogen and oxygen atoms in total. The van der Waals surface area contributed by atoms with Gasteiger partial charge >= 0.3 is 0 Å². The van der Waals surface area contributed by atoms with E-state index < -0.39 is 0 Å². The quantitative estimate of drug-likeness (QED) is 0.798. The summed E-state index contributed by atoms with van der Waals surface area (Å²) in [5, 5.41) is 0. The fourth-order valence-corrected chi connectivity index (χ4v) is 3.57. The molecule has 0 aromatic heterocycles. The normalized spacial score (nSPS) is 27.1. The monoisotopic (exact) mass is 244 g/mol.